The van der Waals surface area contributed by atoms with Crippen LogP contribution in [0.3, 0.4) is 0 Å². The molecule has 1 saturated heterocycles. The molecule has 1 aliphatic heterocycles. The van der Waals surface area contributed by atoms with E-state index in [9.17, 15) is 9.59 Å². The summed E-state index contributed by atoms with van der Waals surface area (Å²) in [6.07, 6.45) is 3.83. The summed E-state index contributed by atoms with van der Waals surface area (Å²) in [6, 6.07) is 0. The fourth-order valence-electron chi connectivity index (χ4n) is 2.57. The Kier molecular flexibility index (Phi) is 3.50. The highest BCUT2D eigenvalue weighted by Crippen LogP contribution is 2.37. The molecule has 2 atom stereocenters. The number of imide groups is 1. The van der Waals surface area contributed by atoms with Crippen LogP contribution in [0.25, 0.3) is 0 Å². The van der Waals surface area contributed by atoms with Gasteiger partial charge in [-0.15, -0.1) is 11.6 Å². The van der Waals surface area contributed by atoms with Crippen molar-refractivity contribution in [1.29, 1.82) is 0 Å². The van der Waals surface area contributed by atoms with Gasteiger partial charge in [0.1, 0.15) is 0 Å². The molecule has 0 aromatic carbocycles. The van der Waals surface area contributed by atoms with Crippen LogP contribution in [0.1, 0.15) is 25.7 Å². The van der Waals surface area contributed by atoms with Crippen LogP contribution < -0.4 is 0 Å². The maximum atomic E-state index is 11.9. The molecule has 2 aliphatic rings. The van der Waals surface area contributed by atoms with Gasteiger partial charge >= 0.3 is 0 Å². The van der Waals surface area contributed by atoms with Crippen LogP contribution >= 0.6 is 11.6 Å². The Morgan fingerprint density at radius 2 is 1.69 bits per heavy atom. The average Bonchev–Trinajstić information content (AvgIpc) is 2.55. The summed E-state index contributed by atoms with van der Waals surface area (Å²) in [7, 11) is 0. The van der Waals surface area contributed by atoms with Gasteiger partial charge in [0.15, 0.2) is 0 Å². The van der Waals surface area contributed by atoms with E-state index in [1.54, 1.807) is 0 Å². The maximum Gasteiger partial charge on any atom is 0.233 e. The highest BCUT2D eigenvalue weighted by Gasteiger charge is 2.47. The van der Waals surface area contributed by atoms with Crippen LogP contribution in [0, 0.1) is 23.7 Å². The zero-order valence-corrected chi connectivity index (χ0v) is 9.79. The van der Waals surface area contributed by atoms with Gasteiger partial charge in [-0.2, -0.15) is 0 Å². The molecular formula is C12H14ClNO2. The molecule has 0 bridgehead atoms. The largest absolute Gasteiger partial charge is 0.274 e. The highest BCUT2D eigenvalue weighted by molar-refractivity contribution is 6.19. The first kappa shape index (κ1) is 11.5. The Morgan fingerprint density at radius 3 is 2.19 bits per heavy atom. The quantitative estimate of drug-likeness (QED) is 0.394. The Bertz CT molecular complexity index is 345. The first-order chi connectivity index (χ1) is 7.75. The van der Waals surface area contributed by atoms with E-state index < -0.39 is 0 Å². The van der Waals surface area contributed by atoms with E-state index >= 15 is 0 Å². The fourth-order valence-corrected chi connectivity index (χ4v) is 2.66. The molecule has 4 heteroatoms. The number of alkyl halides is 1. The third-order valence-corrected chi connectivity index (χ3v) is 3.50. The third-order valence-electron chi connectivity index (χ3n) is 3.36. The van der Waals surface area contributed by atoms with Gasteiger partial charge < -0.3 is 0 Å². The number of rotatable bonds is 1. The van der Waals surface area contributed by atoms with E-state index in [2.05, 4.69) is 11.8 Å². The van der Waals surface area contributed by atoms with Crippen molar-refractivity contribution in [3.63, 3.8) is 0 Å². The number of fused-ring (bicyclic) bond motifs is 1. The van der Waals surface area contributed by atoms with Crippen molar-refractivity contribution in [2.24, 2.45) is 11.8 Å². The molecule has 16 heavy (non-hydrogen) atoms. The lowest BCUT2D eigenvalue weighted by atomic mass is 9.81. The van der Waals surface area contributed by atoms with Gasteiger partial charge in [-0.3, -0.25) is 14.5 Å². The summed E-state index contributed by atoms with van der Waals surface area (Å²) in [5.41, 5.74) is 0. The molecule has 0 N–H and O–H groups in total. The molecule has 0 radical (unpaired) electrons. The second kappa shape index (κ2) is 4.88. The van der Waals surface area contributed by atoms with E-state index in [1.165, 1.54) is 4.90 Å². The first-order valence-corrected chi connectivity index (χ1v) is 6.16. The third kappa shape index (κ3) is 1.94. The van der Waals surface area contributed by atoms with E-state index in [-0.39, 0.29) is 36.1 Å². The lowest BCUT2D eigenvalue weighted by Crippen LogP contribution is -2.31. The number of nitrogens with zero attached hydrogens (tertiary/aromatic N) is 1. The lowest BCUT2D eigenvalue weighted by molar-refractivity contribution is -0.139. The van der Waals surface area contributed by atoms with Crippen molar-refractivity contribution in [1.82, 2.24) is 4.90 Å². The van der Waals surface area contributed by atoms with Crippen molar-refractivity contribution in [2.75, 3.05) is 12.4 Å². The van der Waals surface area contributed by atoms with Crippen molar-refractivity contribution >= 4 is 23.4 Å². The van der Waals surface area contributed by atoms with Crippen LogP contribution in [0.15, 0.2) is 0 Å². The van der Waals surface area contributed by atoms with Crippen molar-refractivity contribution in [3.05, 3.63) is 0 Å². The Balaban J connectivity index is 2.09. The summed E-state index contributed by atoms with van der Waals surface area (Å²) >= 11 is 5.42. The molecule has 1 heterocycles. The summed E-state index contributed by atoms with van der Waals surface area (Å²) in [5, 5.41) is 0. The molecule has 3 nitrogen and oxygen atoms in total. The standard InChI is InChI=1S/C12H14ClNO2/c13-7-3-4-8-14-11(15)9-5-1-2-6-10(9)12(14)16/h9-10H,1-2,5-8H2. The summed E-state index contributed by atoms with van der Waals surface area (Å²) in [6.45, 7) is 0.206. The monoisotopic (exact) mass is 239 g/mol. The van der Waals surface area contributed by atoms with Gasteiger partial charge in [0.2, 0.25) is 11.8 Å². The number of carbonyl (C=O) groups excluding carboxylic acids is 2. The lowest BCUT2D eigenvalue weighted by Gasteiger charge is -2.19. The maximum absolute atomic E-state index is 11.9. The van der Waals surface area contributed by atoms with Crippen LogP contribution in [-0.2, 0) is 9.59 Å². The van der Waals surface area contributed by atoms with Gasteiger partial charge in [0.05, 0.1) is 24.3 Å². The number of halogens is 1. The van der Waals surface area contributed by atoms with E-state index in [4.69, 9.17) is 11.6 Å². The minimum Gasteiger partial charge on any atom is -0.274 e. The molecule has 0 aromatic rings. The molecule has 1 saturated carbocycles. The minimum absolute atomic E-state index is 0.0291. The van der Waals surface area contributed by atoms with Gasteiger partial charge in [-0.1, -0.05) is 24.7 Å². The topological polar surface area (TPSA) is 37.4 Å². The van der Waals surface area contributed by atoms with Crippen LogP contribution in [-0.4, -0.2) is 29.1 Å². The molecule has 2 fully saturated rings. The van der Waals surface area contributed by atoms with E-state index in [1.807, 2.05) is 0 Å². The number of amides is 2. The summed E-state index contributed by atoms with van der Waals surface area (Å²) < 4.78 is 0. The first-order valence-electron chi connectivity index (χ1n) is 5.62. The predicted octanol–water partition coefficient (Wildman–Crippen LogP) is 1.40. The molecule has 1 aliphatic carbocycles. The minimum atomic E-state index is -0.0703. The van der Waals surface area contributed by atoms with Crippen molar-refractivity contribution < 1.29 is 9.59 Å². The van der Waals surface area contributed by atoms with Gasteiger partial charge in [0.25, 0.3) is 0 Å². The Labute approximate surface area is 100 Å². The molecule has 0 aromatic heterocycles. The second-order valence-corrected chi connectivity index (χ2v) is 4.51. The second-order valence-electron chi connectivity index (χ2n) is 4.25. The van der Waals surface area contributed by atoms with Gasteiger partial charge in [-0.25, -0.2) is 0 Å². The number of carbonyl (C=O) groups is 2. The van der Waals surface area contributed by atoms with E-state index in [0.29, 0.717) is 0 Å². The molecule has 2 amide bonds. The van der Waals surface area contributed by atoms with Crippen molar-refractivity contribution in [3.8, 4) is 11.8 Å². The van der Waals surface area contributed by atoms with Gasteiger partial charge in [0, 0.05) is 0 Å². The highest BCUT2D eigenvalue weighted by atomic mass is 35.5. The normalized spacial score (nSPS) is 28.7. The summed E-state index contributed by atoms with van der Waals surface area (Å²) in [5.74, 6) is 5.46. The van der Waals surface area contributed by atoms with E-state index in [0.717, 1.165) is 25.7 Å². The molecular weight excluding hydrogens is 226 g/mol. The SMILES string of the molecule is O=C1C2CCCCC2C(=O)N1CC#CCCl. The number of hydrogen-bond donors (Lipinski definition) is 0. The van der Waals surface area contributed by atoms with Crippen LogP contribution in [0.4, 0.5) is 0 Å². The van der Waals surface area contributed by atoms with Crippen LogP contribution in [0.5, 0.6) is 0 Å². The molecule has 86 valence electrons. The Morgan fingerprint density at radius 1 is 1.12 bits per heavy atom. The number of hydrogen-bond acceptors (Lipinski definition) is 2. The zero-order chi connectivity index (χ0) is 11.5. The van der Waals surface area contributed by atoms with Crippen molar-refractivity contribution in [2.45, 2.75) is 25.7 Å². The predicted molar refractivity (Wildman–Crippen MR) is 60.7 cm³/mol. The molecule has 2 unspecified atom stereocenters. The van der Waals surface area contributed by atoms with Gasteiger partial charge in [-0.05, 0) is 12.8 Å². The average molecular weight is 240 g/mol. The molecule has 0 spiro atoms. The van der Waals surface area contributed by atoms with Crippen LogP contribution in [0.2, 0.25) is 0 Å². The summed E-state index contributed by atoms with van der Waals surface area (Å²) in [4.78, 5) is 25.2. The Hall–Kier alpha value is -1.01. The smallest absolute Gasteiger partial charge is 0.233 e. The molecule has 2 rings (SSSR count). The number of likely N-dealkylation sites (tertiary alicyclic amines) is 1. The zero-order valence-electron chi connectivity index (χ0n) is 9.04. The fraction of sp³-hybridized carbons (Fsp3) is 0.667.